The van der Waals surface area contributed by atoms with Gasteiger partial charge in [0.25, 0.3) is 5.91 Å². The van der Waals surface area contributed by atoms with Crippen LogP contribution in [0.3, 0.4) is 0 Å². The van der Waals surface area contributed by atoms with Gasteiger partial charge in [-0.2, -0.15) is 13.2 Å². The van der Waals surface area contributed by atoms with Crippen LogP contribution in [-0.2, 0) is 16.6 Å². The van der Waals surface area contributed by atoms with Gasteiger partial charge >= 0.3 is 6.18 Å². The first-order chi connectivity index (χ1) is 16.8. The maximum atomic E-state index is 15.0. The van der Waals surface area contributed by atoms with Crippen LogP contribution in [0, 0.1) is 11.7 Å². The Morgan fingerprint density at radius 3 is 2.35 bits per heavy atom. The normalized spacial score (nSPS) is 23.1. The second-order valence-corrected chi connectivity index (χ2v) is 9.62. The number of rotatable bonds is 7. The van der Waals surface area contributed by atoms with E-state index < -0.39 is 56.7 Å². The highest BCUT2D eigenvalue weighted by Crippen LogP contribution is 2.53. The summed E-state index contributed by atoms with van der Waals surface area (Å²) in [7, 11) is 0. The zero-order valence-electron chi connectivity index (χ0n) is 20.1. The number of alkyl halides is 3. The molecule has 2 amide bonds. The van der Waals surface area contributed by atoms with E-state index in [2.05, 4.69) is 4.90 Å². The first-order valence-corrected chi connectivity index (χ1v) is 12.0. The highest BCUT2D eigenvalue weighted by atomic mass is 35.5. The molecule has 1 unspecified atom stereocenters. The standard InChI is InChI=1S/C25H26ClF4N3O3.ClH/c1-3-32(4-2)15-8-13(9-15)12-33-19-11-14(22(31)34)10-16(25(28,29)30)20(19)24(36,23(33)35)21-17(26)6-5-7-18(21)27;/h5-7,10-11,13,15,36H,3-4,8-9,12H2,1-2H3,(H2,31,34);1H. The van der Waals surface area contributed by atoms with E-state index in [9.17, 15) is 32.3 Å². The summed E-state index contributed by atoms with van der Waals surface area (Å²) in [6, 6.07) is 5.07. The van der Waals surface area contributed by atoms with Crippen LogP contribution in [0.5, 0.6) is 0 Å². The summed E-state index contributed by atoms with van der Waals surface area (Å²) in [6.07, 6.45) is -3.70. The monoisotopic (exact) mass is 563 g/mol. The van der Waals surface area contributed by atoms with Gasteiger partial charge in [0.1, 0.15) is 5.82 Å². The first kappa shape index (κ1) is 29.2. The highest BCUT2D eigenvalue weighted by Gasteiger charge is 2.58. The summed E-state index contributed by atoms with van der Waals surface area (Å²) in [5.41, 5.74) is -1.68. The van der Waals surface area contributed by atoms with Crippen molar-refractivity contribution in [1.29, 1.82) is 0 Å². The van der Waals surface area contributed by atoms with Crippen LogP contribution in [0.15, 0.2) is 30.3 Å². The minimum absolute atomic E-state index is 0. The van der Waals surface area contributed by atoms with Crippen molar-refractivity contribution < 1.29 is 32.3 Å². The summed E-state index contributed by atoms with van der Waals surface area (Å²) >= 11 is 6.13. The quantitative estimate of drug-likeness (QED) is 0.477. The molecule has 1 fully saturated rings. The molecular weight excluding hydrogens is 537 g/mol. The van der Waals surface area contributed by atoms with Gasteiger partial charge in [-0.25, -0.2) is 4.39 Å². The number of aliphatic hydroxyl groups is 1. The number of nitrogens with zero attached hydrogens (tertiary/aromatic N) is 2. The van der Waals surface area contributed by atoms with E-state index in [1.807, 2.05) is 13.8 Å². The molecule has 1 aliphatic carbocycles. The van der Waals surface area contributed by atoms with E-state index in [0.717, 1.165) is 30.1 Å². The third kappa shape index (κ3) is 4.80. The molecule has 0 bridgehead atoms. The number of hydrogen-bond acceptors (Lipinski definition) is 4. The number of primary amides is 1. The third-order valence-electron chi connectivity index (χ3n) is 7.22. The fourth-order valence-corrected chi connectivity index (χ4v) is 5.70. The van der Waals surface area contributed by atoms with Crippen molar-refractivity contribution in [3.05, 3.63) is 63.4 Å². The average molecular weight is 564 g/mol. The van der Waals surface area contributed by atoms with Crippen molar-refractivity contribution in [1.82, 2.24) is 4.90 Å². The molecule has 37 heavy (non-hydrogen) atoms. The van der Waals surface area contributed by atoms with Gasteiger partial charge in [-0.15, -0.1) is 12.4 Å². The molecule has 6 nitrogen and oxygen atoms in total. The molecule has 0 spiro atoms. The predicted molar refractivity (Wildman–Crippen MR) is 133 cm³/mol. The number of halogens is 6. The number of fused-ring (bicyclic) bond motifs is 1. The summed E-state index contributed by atoms with van der Waals surface area (Å²) in [6.45, 7) is 5.71. The Balaban J connectivity index is 0.00000380. The summed E-state index contributed by atoms with van der Waals surface area (Å²) in [5.74, 6) is -3.51. The van der Waals surface area contributed by atoms with E-state index in [-0.39, 0.29) is 36.6 Å². The van der Waals surface area contributed by atoms with Crippen molar-refractivity contribution in [2.24, 2.45) is 11.7 Å². The second-order valence-electron chi connectivity index (χ2n) is 9.22. The van der Waals surface area contributed by atoms with Crippen LogP contribution in [0.4, 0.5) is 23.2 Å². The van der Waals surface area contributed by atoms with Crippen LogP contribution in [0.2, 0.25) is 5.02 Å². The molecule has 1 heterocycles. The Bertz CT molecular complexity index is 1200. The maximum Gasteiger partial charge on any atom is 0.416 e. The molecule has 12 heteroatoms. The van der Waals surface area contributed by atoms with Crippen LogP contribution in [-0.4, -0.2) is 47.5 Å². The largest absolute Gasteiger partial charge is 0.416 e. The fraction of sp³-hybridized carbons (Fsp3) is 0.440. The number of carbonyl (C=O) groups is 2. The van der Waals surface area contributed by atoms with Crippen LogP contribution >= 0.6 is 24.0 Å². The topological polar surface area (TPSA) is 86.9 Å². The lowest BCUT2D eigenvalue weighted by atomic mass is 9.78. The fourth-order valence-electron chi connectivity index (χ4n) is 5.40. The van der Waals surface area contributed by atoms with E-state index in [4.69, 9.17) is 17.3 Å². The van der Waals surface area contributed by atoms with E-state index in [1.54, 1.807) is 0 Å². The van der Waals surface area contributed by atoms with Crippen molar-refractivity contribution in [2.45, 2.75) is 44.5 Å². The molecule has 2 aromatic carbocycles. The van der Waals surface area contributed by atoms with Gasteiger partial charge in [-0.1, -0.05) is 31.5 Å². The zero-order valence-corrected chi connectivity index (χ0v) is 21.7. The molecule has 0 saturated heterocycles. The highest BCUT2D eigenvalue weighted by molar-refractivity contribution is 6.32. The molecule has 0 aromatic heterocycles. The molecule has 2 aromatic rings. The molecular formula is C25H27Cl2F4N3O3. The van der Waals surface area contributed by atoms with E-state index >= 15 is 0 Å². The number of carbonyl (C=O) groups excluding carboxylic acids is 2. The predicted octanol–water partition coefficient (Wildman–Crippen LogP) is 4.72. The molecule has 1 aliphatic heterocycles. The summed E-state index contributed by atoms with van der Waals surface area (Å²) in [5, 5.41) is 11.3. The lowest BCUT2D eigenvalue weighted by Gasteiger charge is -2.43. The SMILES string of the molecule is CCN(CC)C1CC(CN2C(=O)C(O)(c3c(F)cccc3Cl)c3c2cc(C(N)=O)cc3C(F)(F)F)C1.Cl. The molecule has 202 valence electrons. The second kappa shape index (κ2) is 10.4. The number of amides is 2. The minimum Gasteiger partial charge on any atom is -0.372 e. The molecule has 4 rings (SSSR count). The van der Waals surface area contributed by atoms with Crippen LogP contribution in [0.25, 0.3) is 0 Å². The van der Waals surface area contributed by atoms with Crippen molar-refractivity contribution >= 4 is 41.5 Å². The Morgan fingerprint density at radius 1 is 1.22 bits per heavy atom. The zero-order chi connectivity index (χ0) is 26.6. The smallest absolute Gasteiger partial charge is 0.372 e. The van der Waals surface area contributed by atoms with Gasteiger partial charge in [-0.3, -0.25) is 9.59 Å². The summed E-state index contributed by atoms with van der Waals surface area (Å²) < 4.78 is 57.7. The lowest BCUT2D eigenvalue weighted by Crippen LogP contribution is -2.50. The van der Waals surface area contributed by atoms with Gasteiger partial charge < -0.3 is 20.6 Å². The number of anilines is 1. The lowest BCUT2D eigenvalue weighted by molar-refractivity contribution is -0.142. The maximum absolute atomic E-state index is 15.0. The van der Waals surface area contributed by atoms with Crippen molar-refractivity contribution in [3.63, 3.8) is 0 Å². The van der Waals surface area contributed by atoms with Gasteiger partial charge in [-0.05, 0) is 56.1 Å². The molecule has 2 aliphatic rings. The van der Waals surface area contributed by atoms with Crippen LogP contribution in [0.1, 0.15) is 53.7 Å². The molecule has 3 N–H and O–H groups in total. The van der Waals surface area contributed by atoms with Gasteiger partial charge in [0.15, 0.2) is 0 Å². The average Bonchev–Trinajstić information content (AvgIpc) is 2.98. The molecule has 1 saturated carbocycles. The first-order valence-electron chi connectivity index (χ1n) is 11.6. The van der Waals surface area contributed by atoms with Gasteiger partial charge in [0.2, 0.25) is 11.5 Å². The number of benzene rings is 2. The number of nitrogens with two attached hydrogens (primary N) is 1. The van der Waals surface area contributed by atoms with Crippen molar-refractivity contribution in [3.8, 4) is 0 Å². The third-order valence-corrected chi connectivity index (χ3v) is 7.53. The summed E-state index contributed by atoms with van der Waals surface area (Å²) in [4.78, 5) is 28.8. The van der Waals surface area contributed by atoms with Gasteiger partial charge in [0, 0.05) is 23.7 Å². The Hall–Kier alpha value is -2.40. The van der Waals surface area contributed by atoms with Gasteiger partial charge in [0.05, 0.1) is 21.8 Å². The molecule has 1 atom stereocenters. The Labute approximate surface area is 222 Å². The Morgan fingerprint density at radius 2 is 1.84 bits per heavy atom. The van der Waals surface area contributed by atoms with E-state index in [1.165, 1.54) is 12.1 Å². The molecule has 0 radical (unpaired) electrons. The van der Waals surface area contributed by atoms with Crippen molar-refractivity contribution in [2.75, 3.05) is 24.5 Å². The Kier molecular flexibility index (Phi) is 8.20. The van der Waals surface area contributed by atoms with E-state index in [0.29, 0.717) is 18.9 Å². The minimum atomic E-state index is -5.10. The number of hydrogen-bond donors (Lipinski definition) is 2. The van der Waals surface area contributed by atoms with Crippen LogP contribution < -0.4 is 10.6 Å².